The highest BCUT2D eigenvalue weighted by molar-refractivity contribution is 7.11. The van der Waals surface area contributed by atoms with Crippen LogP contribution >= 0.6 is 11.5 Å². The minimum atomic E-state index is -0.284. The molecule has 0 aliphatic carbocycles. The summed E-state index contributed by atoms with van der Waals surface area (Å²) in [5, 5.41) is 9.83. The average Bonchev–Trinajstić information content (AvgIpc) is 2.92. The second kappa shape index (κ2) is 5.00. The molecule has 2 aromatic heterocycles. The van der Waals surface area contributed by atoms with Gasteiger partial charge in [0.05, 0.1) is 6.54 Å². The molecule has 0 saturated heterocycles. The first kappa shape index (κ1) is 12.3. The van der Waals surface area contributed by atoms with Gasteiger partial charge >= 0.3 is 0 Å². The van der Waals surface area contributed by atoms with Crippen molar-refractivity contribution in [2.75, 3.05) is 18.1 Å². The Morgan fingerprint density at radius 2 is 2.33 bits per heavy atom. The average molecular weight is 268 g/mol. The number of rotatable bonds is 4. The van der Waals surface area contributed by atoms with E-state index in [0.29, 0.717) is 28.8 Å². The topological polar surface area (TPSA) is 119 Å². The predicted octanol–water partition coefficient (Wildman–Crippen LogP) is 0.388. The van der Waals surface area contributed by atoms with Crippen LogP contribution in [-0.2, 0) is 6.54 Å². The maximum atomic E-state index is 11.6. The van der Waals surface area contributed by atoms with Crippen LogP contribution in [0.5, 0.6) is 0 Å². The third kappa shape index (κ3) is 2.40. The van der Waals surface area contributed by atoms with E-state index in [-0.39, 0.29) is 11.7 Å². The molecule has 4 N–H and O–H groups in total. The fraction of sp³-hybridized carbons (Fsp3) is 0.333. The summed E-state index contributed by atoms with van der Waals surface area (Å²) >= 11 is 1.11. The van der Waals surface area contributed by atoms with E-state index in [1.807, 2.05) is 0 Å². The highest BCUT2D eigenvalue weighted by atomic mass is 32.1. The Kier molecular flexibility index (Phi) is 3.42. The second-order valence-corrected chi connectivity index (χ2v) is 4.21. The third-order valence-corrected chi connectivity index (χ3v) is 2.97. The van der Waals surface area contributed by atoms with E-state index in [0.717, 1.165) is 11.5 Å². The molecule has 0 fully saturated rings. The minimum Gasteiger partial charge on any atom is -0.382 e. The number of hydrogen-bond acceptors (Lipinski definition) is 8. The monoisotopic (exact) mass is 268 g/mol. The van der Waals surface area contributed by atoms with Gasteiger partial charge in [-0.25, -0.2) is 0 Å². The lowest BCUT2D eigenvalue weighted by molar-refractivity contribution is 0.0965. The van der Waals surface area contributed by atoms with Crippen LogP contribution in [0, 0.1) is 6.92 Å². The Hall–Kier alpha value is -2.16. The summed E-state index contributed by atoms with van der Waals surface area (Å²) in [6.45, 7) is 2.04. The summed E-state index contributed by atoms with van der Waals surface area (Å²) in [7, 11) is 1.53. The molecule has 0 atom stereocenters. The van der Waals surface area contributed by atoms with E-state index < -0.39 is 0 Å². The molecule has 0 aliphatic heterocycles. The lowest BCUT2D eigenvalue weighted by Gasteiger charge is -2.03. The lowest BCUT2D eigenvalue weighted by Crippen LogP contribution is -2.20. The zero-order chi connectivity index (χ0) is 13.1. The number of nitrogen functional groups attached to an aromatic ring is 1. The summed E-state index contributed by atoms with van der Waals surface area (Å²) in [5.41, 5.74) is 5.98. The molecular formula is C9H12N6O2S. The maximum Gasteiger partial charge on any atom is 0.257 e. The number of hydrogen-bond donors (Lipinski definition) is 3. The van der Waals surface area contributed by atoms with Gasteiger partial charge in [-0.05, 0) is 11.5 Å². The second-order valence-electron chi connectivity index (χ2n) is 3.43. The summed E-state index contributed by atoms with van der Waals surface area (Å²) in [6.07, 6.45) is 0. The van der Waals surface area contributed by atoms with Crippen molar-refractivity contribution < 1.29 is 9.32 Å². The number of carbonyl (C=O) groups is 1. The van der Waals surface area contributed by atoms with Crippen LogP contribution in [0.25, 0.3) is 0 Å². The SMILES string of the molecule is CNC(=O)c1c(N)nsc1NCc1noc(C)n1. The number of aryl methyl sites for hydroxylation is 1. The fourth-order valence-electron chi connectivity index (χ4n) is 1.34. The van der Waals surface area contributed by atoms with Gasteiger partial charge in [0, 0.05) is 14.0 Å². The van der Waals surface area contributed by atoms with Gasteiger partial charge in [0.25, 0.3) is 5.91 Å². The molecule has 0 bridgehead atoms. The number of nitrogens with zero attached hydrogens (tertiary/aromatic N) is 3. The Morgan fingerprint density at radius 3 is 2.94 bits per heavy atom. The van der Waals surface area contributed by atoms with Crippen molar-refractivity contribution in [1.29, 1.82) is 0 Å². The first-order valence-electron chi connectivity index (χ1n) is 5.12. The molecule has 0 spiro atoms. The van der Waals surface area contributed by atoms with Crippen LogP contribution in [0.3, 0.4) is 0 Å². The van der Waals surface area contributed by atoms with E-state index in [4.69, 9.17) is 10.3 Å². The molecule has 0 radical (unpaired) electrons. The van der Waals surface area contributed by atoms with Gasteiger partial charge in [-0.1, -0.05) is 5.16 Å². The number of aromatic nitrogens is 3. The molecule has 18 heavy (non-hydrogen) atoms. The molecule has 0 aromatic carbocycles. The lowest BCUT2D eigenvalue weighted by atomic mass is 10.3. The number of anilines is 2. The molecule has 0 saturated carbocycles. The number of nitrogens with two attached hydrogens (primary N) is 1. The molecule has 9 heteroatoms. The molecule has 8 nitrogen and oxygen atoms in total. The van der Waals surface area contributed by atoms with Crippen molar-refractivity contribution in [3.05, 3.63) is 17.3 Å². The molecule has 2 aromatic rings. The van der Waals surface area contributed by atoms with E-state index in [2.05, 4.69) is 25.1 Å². The first-order valence-corrected chi connectivity index (χ1v) is 5.89. The number of nitrogens with one attached hydrogen (secondary N) is 2. The van der Waals surface area contributed by atoms with Crippen LogP contribution < -0.4 is 16.4 Å². The molecular weight excluding hydrogens is 256 g/mol. The van der Waals surface area contributed by atoms with E-state index in [9.17, 15) is 4.79 Å². The molecule has 0 aliphatic rings. The van der Waals surface area contributed by atoms with Crippen molar-refractivity contribution >= 4 is 28.3 Å². The van der Waals surface area contributed by atoms with Crippen LogP contribution in [0.4, 0.5) is 10.8 Å². The van der Waals surface area contributed by atoms with Gasteiger partial charge in [0.15, 0.2) is 11.6 Å². The third-order valence-electron chi connectivity index (χ3n) is 2.15. The van der Waals surface area contributed by atoms with Crippen molar-refractivity contribution in [3.63, 3.8) is 0 Å². The Morgan fingerprint density at radius 1 is 1.56 bits per heavy atom. The van der Waals surface area contributed by atoms with Gasteiger partial charge in [-0.15, -0.1) is 0 Å². The van der Waals surface area contributed by atoms with Crippen LogP contribution in [0.2, 0.25) is 0 Å². The van der Waals surface area contributed by atoms with Gasteiger partial charge < -0.3 is 20.9 Å². The van der Waals surface area contributed by atoms with E-state index in [1.165, 1.54) is 7.05 Å². The summed E-state index contributed by atoms with van der Waals surface area (Å²) in [6, 6.07) is 0. The zero-order valence-corrected chi connectivity index (χ0v) is 10.7. The maximum absolute atomic E-state index is 11.6. The normalized spacial score (nSPS) is 10.3. The smallest absolute Gasteiger partial charge is 0.257 e. The Bertz CT molecular complexity index is 563. The molecule has 0 unspecified atom stereocenters. The van der Waals surface area contributed by atoms with E-state index >= 15 is 0 Å². The Labute approximate surface area is 107 Å². The standard InChI is InChI=1S/C9H12N6O2S/c1-4-13-5(14-17-4)3-12-9-6(8(16)11-2)7(10)15-18-9/h12H,3H2,1-2H3,(H2,10,15)(H,11,16). The number of carbonyl (C=O) groups excluding carboxylic acids is 1. The van der Waals surface area contributed by atoms with Gasteiger partial charge in [0.2, 0.25) is 5.89 Å². The summed E-state index contributed by atoms with van der Waals surface area (Å²) < 4.78 is 8.77. The molecule has 96 valence electrons. The van der Waals surface area contributed by atoms with Crippen molar-refractivity contribution in [2.45, 2.75) is 13.5 Å². The Balaban J connectivity index is 2.12. The van der Waals surface area contributed by atoms with Crippen molar-refractivity contribution in [3.8, 4) is 0 Å². The largest absolute Gasteiger partial charge is 0.382 e. The van der Waals surface area contributed by atoms with Crippen molar-refractivity contribution in [2.24, 2.45) is 0 Å². The molecule has 2 heterocycles. The highest BCUT2D eigenvalue weighted by Gasteiger charge is 2.18. The van der Waals surface area contributed by atoms with E-state index in [1.54, 1.807) is 6.92 Å². The van der Waals surface area contributed by atoms with Gasteiger partial charge in [-0.2, -0.15) is 9.36 Å². The van der Waals surface area contributed by atoms with Crippen LogP contribution in [0.1, 0.15) is 22.1 Å². The van der Waals surface area contributed by atoms with Gasteiger partial charge in [-0.3, -0.25) is 4.79 Å². The predicted molar refractivity (Wildman–Crippen MR) is 66.3 cm³/mol. The highest BCUT2D eigenvalue weighted by Crippen LogP contribution is 2.26. The molecule has 1 amide bonds. The zero-order valence-electron chi connectivity index (χ0n) is 9.85. The summed E-state index contributed by atoms with van der Waals surface area (Å²) in [5.74, 6) is 0.906. The quantitative estimate of drug-likeness (QED) is 0.733. The first-order chi connectivity index (χ1) is 8.61. The summed E-state index contributed by atoms with van der Waals surface area (Å²) in [4.78, 5) is 15.7. The van der Waals surface area contributed by atoms with Crippen molar-refractivity contribution in [1.82, 2.24) is 19.8 Å². The molecule has 2 rings (SSSR count). The van der Waals surface area contributed by atoms with Crippen LogP contribution in [0.15, 0.2) is 4.52 Å². The number of amides is 1. The van der Waals surface area contributed by atoms with Gasteiger partial charge in [0.1, 0.15) is 10.6 Å². The van der Waals surface area contributed by atoms with Crippen LogP contribution in [-0.4, -0.2) is 27.5 Å². The minimum absolute atomic E-state index is 0.200. The fourth-order valence-corrected chi connectivity index (χ4v) is 2.05.